The van der Waals surface area contributed by atoms with E-state index in [4.69, 9.17) is 4.11 Å². The number of likely N-dealkylation sites (N-methyl/N-ethyl adjacent to an activating group) is 1. The van der Waals surface area contributed by atoms with Crippen molar-refractivity contribution in [2.24, 2.45) is 4.40 Å². The second-order valence-electron chi connectivity index (χ2n) is 3.34. The predicted octanol–water partition coefficient (Wildman–Crippen LogP) is 1.55. The summed E-state index contributed by atoms with van der Waals surface area (Å²) >= 11 is 4.42. The summed E-state index contributed by atoms with van der Waals surface area (Å²) < 4.78 is 54.9. The number of rotatable bonds is 2. The number of allylic oxidation sites excluding steroid dienone is 1. The molecule has 0 bridgehead atoms. The van der Waals surface area contributed by atoms with Crippen LogP contribution in [0.25, 0.3) is 0 Å². The van der Waals surface area contributed by atoms with Crippen LogP contribution >= 0.6 is 27.3 Å². The second-order valence-corrected chi connectivity index (χ2v) is 7.25. The highest BCUT2D eigenvalue weighted by atomic mass is 79.9. The molecule has 0 radical (unpaired) electrons. The van der Waals surface area contributed by atoms with Crippen LogP contribution in [-0.2, 0) is 19.7 Å². The molecule has 102 valence electrons. The first-order valence-corrected chi connectivity index (χ1v) is 7.78. The monoisotopic (exact) mass is 367 g/mol. The lowest BCUT2D eigenvalue weighted by atomic mass is 10.2. The minimum absolute atomic E-state index is 0.0159. The number of carbonyl (C=O) groups is 1. The van der Waals surface area contributed by atoms with Crippen molar-refractivity contribution in [1.82, 2.24) is 4.31 Å². The zero-order chi connectivity index (χ0) is 16.7. The maximum atomic E-state index is 12.2. The molecule has 0 N–H and O–H groups in total. The standard InChI is InChI=1S/C10H9BrN2O4S2/c1-13-7(10(14)17-2)5-6(12-19(13,15)16)8-3-4-9(11)18-8/h3-5H,1-2H3/i1D3. The molecule has 0 saturated carbocycles. The minimum Gasteiger partial charge on any atom is -0.464 e. The van der Waals surface area contributed by atoms with E-state index in [-0.39, 0.29) is 10.0 Å². The summed E-state index contributed by atoms with van der Waals surface area (Å²) in [5, 5.41) is 0. The summed E-state index contributed by atoms with van der Waals surface area (Å²) in [6, 6.07) is 3.27. The summed E-state index contributed by atoms with van der Waals surface area (Å²) in [5.41, 5.74) is -0.645. The first-order chi connectivity index (χ1) is 10.1. The van der Waals surface area contributed by atoms with E-state index in [0.717, 1.165) is 17.0 Å². The SMILES string of the molecule is [2H]C([2H])([2H])N1C(C(=O)OC)=CC(c2ccc(Br)s2)=NS1(=O)=O. The van der Waals surface area contributed by atoms with E-state index in [1.807, 2.05) is 0 Å². The molecule has 0 aliphatic carbocycles. The van der Waals surface area contributed by atoms with Gasteiger partial charge in [-0.3, -0.25) is 0 Å². The lowest BCUT2D eigenvalue weighted by Gasteiger charge is -2.21. The minimum atomic E-state index is -4.59. The van der Waals surface area contributed by atoms with E-state index in [0.29, 0.717) is 4.88 Å². The van der Waals surface area contributed by atoms with Crippen LogP contribution in [0.3, 0.4) is 0 Å². The molecule has 19 heavy (non-hydrogen) atoms. The number of carbonyl (C=O) groups excluding carboxylic acids is 1. The maximum Gasteiger partial charge on any atom is 0.355 e. The van der Waals surface area contributed by atoms with Crippen LogP contribution in [0.4, 0.5) is 0 Å². The Morgan fingerprint density at radius 2 is 2.32 bits per heavy atom. The van der Waals surface area contributed by atoms with E-state index in [1.54, 1.807) is 12.1 Å². The van der Waals surface area contributed by atoms with E-state index in [2.05, 4.69) is 25.1 Å². The summed E-state index contributed by atoms with van der Waals surface area (Å²) in [4.78, 5) is 12.2. The number of hydrogen-bond acceptors (Lipinski definition) is 5. The van der Waals surface area contributed by atoms with Crippen LogP contribution in [0.2, 0.25) is 0 Å². The average Bonchev–Trinajstić information content (AvgIpc) is 2.80. The molecule has 9 heteroatoms. The van der Waals surface area contributed by atoms with Gasteiger partial charge in [0.15, 0.2) is 0 Å². The molecule has 0 spiro atoms. The molecule has 0 saturated heterocycles. The molecule has 0 amide bonds. The fourth-order valence-corrected chi connectivity index (χ4v) is 3.58. The van der Waals surface area contributed by atoms with Gasteiger partial charge in [-0.05, 0) is 34.1 Å². The Morgan fingerprint density at radius 1 is 1.58 bits per heavy atom. The molecule has 0 aromatic carbocycles. The molecule has 2 heterocycles. The highest BCUT2D eigenvalue weighted by molar-refractivity contribution is 9.11. The van der Waals surface area contributed by atoms with Gasteiger partial charge >= 0.3 is 16.2 Å². The third-order valence-corrected chi connectivity index (χ3v) is 4.89. The number of esters is 1. The maximum absolute atomic E-state index is 12.2. The van der Waals surface area contributed by atoms with Crippen LogP contribution in [0.5, 0.6) is 0 Å². The smallest absolute Gasteiger partial charge is 0.355 e. The van der Waals surface area contributed by atoms with Crippen molar-refractivity contribution in [1.29, 1.82) is 0 Å². The van der Waals surface area contributed by atoms with Gasteiger partial charge in [-0.2, -0.15) is 8.42 Å². The molecule has 6 nitrogen and oxygen atoms in total. The highest BCUT2D eigenvalue weighted by Gasteiger charge is 2.30. The van der Waals surface area contributed by atoms with Crippen LogP contribution in [0.1, 0.15) is 8.99 Å². The zero-order valence-electron chi connectivity index (χ0n) is 12.5. The van der Waals surface area contributed by atoms with Crippen LogP contribution < -0.4 is 0 Å². The van der Waals surface area contributed by atoms with Gasteiger partial charge in [0.25, 0.3) is 0 Å². The normalized spacial score (nSPS) is 20.7. The molecule has 1 aromatic rings. The first kappa shape index (κ1) is 10.6. The van der Waals surface area contributed by atoms with E-state index < -0.39 is 28.9 Å². The Morgan fingerprint density at radius 3 is 2.84 bits per heavy atom. The third-order valence-electron chi connectivity index (χ3n) is 2.16. The van der Waals surface area contributed by atoms with Gasteiger partial charge in [0, 0.05) is 11.1 Å². The van der Waals surface area contributed by atoms with Crippen molar-refractivity contribution in [3.8, 4) is 0 Å². The van der Waals surface area contributed by atoms with Crippen molar-refractivity contribution in [2.75, 3.05) is 14.1 Å². The quantitative estimate of drug-likeness (QED) is 0.743. The molecule has 0 atom stereocenters. The molecular weight excluding hydrogens is 356 g/mol. The van der Waals surface area contributed by atoms with E-state index in [1.165, 1.54) is 11.3 Å². The van der Waals surface area contributed by atoms with Gasteiger partial charge in [0.1, 0.15) is 5.70 Å². The van der Waals surface area contributed by atoms with Crippen molar-refractivity contribution < 1.29 is 22.1 Å². The molecule has 2 rings (SSSR count). The van der Waals surface area contributed by atoms with Gasteiger partial charge in [0.05, 0.1) is 21.5 Å². The largest absolute Gasteiger partial charge is 0.464 e. The number of methoxy groups -OCH3 is 1. The van der Waals surface area contributed by atoms with Crippen LogP contribution in [-0.4, -0.2) is 38.5 Å². The van der Waals surface area contributed by atoms with Crippen LogP contribution in [0.15, 0.2) is 32.1 Å². The fourth-order valence-electron chi connectivity index (χ4n) is 1.32. The van der Waals surface area contributed by atoms with Gasteiger partial charge in [-0.25, -0.2) is 9.10 Å². The second kappa shape index (κ2) is 5.06. The third kappa shape index (κ3) is 2.72. The molecular formula is C10H9BrN2O4S2. The fraction of sp³-hybridized carbons (Fsp3) is 0.200. The number of thiophene rings is 1. The summed E-state index contributed by atoms with van der Waals surface area (Å²) in [6.07, 6.45) is 1.08. The average molecular weight is 368 g/mol. The summed E-state index contributed by atoms with van der Waals surface area (Å²) in [6.45, 7) is -3.09. The van der Waals surface area contributed by atoms with Crippen molar-refractivity contribution in [3.05, 3.63) is 32.6 Å². The van der Waals surface area contributed by atoms with Crippen molar-refractivity contribution in [2.45, 2.75) is 0 Å². The predicted molar refractivity (Wildman–Crippen MR) is 75.3 cm³/mol. The number of halogens is 1. The number of nitrogens with zero attached hydrogens (tertiary/aromatic N) is 2. The highest BCUT2D eigenvalue weighted by Crippen LogP contribution is 2.27. The molecule has 1 aliphatic rings. The Kier molecular flexibility index (Phi) is 2.82. The Labute approximate surface area is 126 Å². The molecule has 1 aliphatic heterocycles. The Hall–Kier alpha value is -1.19. The van der Waals surface area contributed by atoms with E-state index in [9.17, 15) is 13.2 Å². The molecule has 0 fully saturated rings. The Balaban J connectivity index is 2.64. The molecule has 0 unspecified atom stereocenters. The summed E-state index contributed by atoms with van der Waals surface area (Å²) in [7, 11) is -3.56. The number of hydrogen-bond donors (Lipinski definition) is 0. The van der Waals surface area contributed by atoms with Gasteiger partial charge in [-0.15, -0.1) is 15.7 Å². The van der Waals surface area contributed by atoms with Gasteiger partial charge in [-0.1, -0.05) is 0 Å². The first-order valence-electron chi connectivity index (χ1n) is 6.27. The molecule has 1 aromatic heterocycles. The van der Waals surface area contributed by atoms with Gasteiger partial charge in [0.2, 0.25) is 0 Å². The topological polar surface area (TPSA) is 76.0 Å². The number of ether oxygens (including phenoxy) is 1. The van der Waals surface area contributed by atoms with Crippen molar-refractivity contribution >= 4 is 49.2 Å². The Bertz CT molecular complexity index is 782. The zero-order valence-corrected chi connectivity index (χ0v) is 12.7. The lowest BCUT2D eigenvalue weighted by molar-refractivity contribution is -0.137. The summed E-state index contributed by atoms with van der Waals surface area (Å²) in [5.74, 6) is -1.08. The van der Waals surface area contributed by atoms with Gasteiger partial charge < -0.3 is 4.74 Å². The van der Waals surface area contributed by atoms with Crippen LogP contribution in [0, 0.1) is 0 Å². The van der Waals surface area contributed by atoms with Crippen molar-refractivity contribution in [3.63, 3.8) is 0 Å². The lowest BCUT2D eigenvalue weighted by Crippen LogP contribution is -2.33. The van der Waals surface area contributed by atoms with E-state index >= 15 is 0 Å².